The number of urea groups is 1. The van der Waals surface area contributed by atoms with Gasteiger partial charge >= 0.3 is 12.0 Å². The monoisotopic (exact) mass is 442 g/mol. The van der Waals surface area contributed by atoms with Gasteiger partial charge in [0.1, 0.15) is 6.61 Å². The Morgan fingerprint density at radius 1 is 1.59 bits per heavy atom. The van der Waals surface area contributed by atoms with Gasteiger partial charge < -0.3 is 15.0 Å². The number of nitrogens with one attached hydrogen (secondary N) is 1. The highest BCUT2D eigenvalue weighted by atomic mass is 127. The highest BCUT2D eigenvalue weighted by Gasteiger charge is 2.27. The number of alkyl halides is 1. The van der Waals surface area contributed by atoms with E-state index < -0.39 is 18.0 Å². The van der Waals surface area contributed by atoms with Gasteiger partial charge in [0.25, 0.3) is 0 Å². The molecule has 1 heterocycles. The van der Waals surface area contributed by atoms with E-state index >= 15 is 0 Å². The molecule has 1 aliphatic rings. The first-order chi connectivity index (χ1) is 10.5. The van der Waals surface area contributed by atoms with E-state index in [1.807, 2.05) is 12.2 Å². The average molecular weight is 443 g/mol. The third-order valence-electron chi connectivity index (χ3n) is 2.72. The second-order valence-electron chi connectivity index (χ2n) is 4.25. The van der Waals surface area contributed by atoms with Crippen molar-refractivity contribution in [2.45, 2.75) is 6.04 Å². The van der Waals surface area contributed by atoms with Crippen molar-refractivity contribution in [2.24, 2.45) is 5.29 Å². The van der Waals surface area contributed by atoms with Crippen LogP contribution in [-0.4, -0.2) is 60.6 Å². The Kier molecular flexibility index (Phi) is 8.17. The van der Waals surface area contributed by atoms with Gasteiger partial charge in [0.15, 0.2) is 6.04 Å². The first kappa shape index (κ1) is 18.7. The second kappa shape index (κ2) is 9.62. The van der Waals surface area contributed by atoms with Crippen LogP contribution in [0.25, 0.3) is 0 Å². The molecule has 22 heavy (non-hydrogen) atoms. The topological polar surface area (TPSA) is 91.3 Å². The van der Waals surface area contributed by atoms with E-state index in [4.69, 9.17) is 16.3 Å². The fourth-order valence-corrected chi connectivity index (χ4v) is 2.72. The molecule has 0 radical (unpaired) electrons. The number of rotatable bonds is 7. The zero-order valence-electron chi connectivity index (χ0n) is 11.9. The van der Waals surface area contributed by atoms with Gasteiger partial charge in [-0.05, 0) is 40.9 Å². The molecule has 0 saturated heterocycles. The van der Waals surface area contributed by atoms with Crippen LogP contribution in [0, 0.1) is 4.91 Å². The fourth-order valence-electron chi connectivity index (χ4n) is 1.66. The Morgan fingerprint density at radius 2 is 2.32 bits per heavy atom. The number of amides is 2. The summed E-state index contributed by atoms with van der Waals surface area (Å²) < 4.78 is 5.96. The van der Waals surface area contributed by atoms with Crippen LogP contribution in [0.4, 0.5) is 4.79 Å². The Morgan fingerprint density at radius 3 is 2.91 bits per heavy atom. The van der Waals surface area contributed by atoms with Crippen LogP contribution in [0.5, 0.6) is 0 Å². The molecule has 122 valence electrons. The number of allylic oxidation sites excluding steroid dienone is 2. The Labute approximate surface area is 146 Å². The van der Waals surface area contributed by atoms with Gasteiger partial charge in [0.2, 0.25) is 0 Å². The van der Waals surface area contributed by atoms with Crippen LogP contribution < -0.4 is 5.32 Å². The van der Waals surface area contributed by atoms with E-state index in [9.17, 15) is 14.5 Å². The summed E-state index contributed by atoms with van der Waals surface area (Å²) >= 11 is 7.50. The van der Waals surface area contributed by atoms with Crippen LogP contribution in [0.15, 0.2) is 27.2 Å². The number of likely N-dealkylation sites (N-methyl/N-ethyl adjacent to an activating group) is 1. The van der Waals surface area contributed by atoms with Gasteiger partial charge in [-0.1, -0.05) is 0 Å². The molecular formula is C12H16ClIN4O4. The molecule has 8 nitrogen and oxygen atoms in total. The number of carbonyl (C=O) groups excluding carboxylic acids is 2. The maximum absolute atomic E-state index is 12.0. The molecule has 0 aromatic carbocycles. The smallest absolute Gasteiger partial charge is 0.340 e. The first-order valence-corrected chi connectivity index (χ1v) is 7.99. The molecule has 1 unspecified atom stereocenters. The molecule has 1 N–H and O–H groups in total. The summed E-state index contributed by atoms with van der Waals surface area (Å²) in [5.74, 6) is -0.312. The molecule has 0 bridgehead atoms. The molecule has 0 aromatic rings. The van der Waals surface area contributed by atoms with Crippen molar-refractivity contribution in [1.82, 2.24) is 15.2 Å². The number of esters is 1. The van der Waals surface area contributed by atoms with Crippen LogP contribution in [0.3, 0.4) is 0 Å². The van der Waals surface area contributed by atoms with Gasteiger partial charge in [-0.15, -0.1) is 16.5 Å². The first-order valence-electron chi connectivity index (χ1n) is 6.38. The summed E-state index contributed by atoms with van der Waals surface area (Å²) in [7, 11) is 1.77. The summed E-state index contributed by atoms with van der Waals surface area (Å²) in [6, 6.07) is -1.16. The number of nitroso groups, excluding NO2 is 1. The molecule has 0 aliphatic carbocycles. The largest absolute Gasteiger partial charge is 0.462 e. The molecule has 1 aliphatic heterocycles. The molecular weight excluding hydrogens is 427 g/mol. The predicted molar refractivity (Wildman–Crippen MR) is 90.4 cm³/mol. The van der Waals surface area contributed by atoms with E-state index in [-0.39, 0.29) is 25.6 Å². The van der Waals surface area contributed by atoms with Gasteiger partial charge in [-0.25, -0.2) is 9.59 Å². The molecule has 0 spiro atoms. The van der Waals surface area contributed by atoms with Crippen molar-refractivity contribution in [3.63, 3.8) is 0 Å². The average Bonchev–Trinajstić information content (AvgIpc) is 2.48. The number of ether oxygens (including phenoxy) is 1. The summed E-state index contributed by atoms with van der Waals surface area (Å²) in [6.07, 6.45) is 5.44. The predicted octanol–water partition coefficient (Wildman–Crippen LogP) is 1.61. The summed E-state index contributed by atoms with van der Waals surface area (Å²) in [5.41, 5.74) is 0. The van der Waals surface area contributed by atoms with Crippen LogP contribution in [-0.2, 0) is 9.53 Å². The fraction of sp³-hybridized carbons (Fsp3) is 0.500. The van der Waals surface area contributed by atoms with Crippen molar-refractivity contribution in [2.75, 3.05) is 32.6 Å². The van der Waals surface area contributed by atoms with E-state index in [1.54, 1.807) is 18.1 Å². The van der Waals surface area contributed by atoms with E-state index in [2.05, 4.69) is 33.2 Å². The second-order valence-corrected chi connectivity index (χ2v) is 5.88. The van der Waals surface area contributed by atoms with Crippen molar-refractivity contribution < 1.29 is 14.3 Å². The highest BCUT2D eigenvalue weighted by molar-refractivity contribution is 14.1. The van der Waals surface area contributed by atoms with Crippen LogP contribution >= 0.6 is 34.2 Å². The van der Waals surface area contributed by atoms with Gasteiger partial charge in [-0.3, -0.25) is 0 Å². The summed E-state index contributed by atoms with van der Waals surface area (Å²) in [4.78, 5) is 35.7. The third kappa shape index (κ3) is 5.44. The zero-order valence-corrected chi connectivity index (χ0v) is 14.8. The maximum Gasteiger partial charge on any atom is 0.340 e. The van der Waals surface area contributed by atoms with E-state index in [1.165, 1.54) is 0 Å². The van der Waals surface area contributed by atoms with Crippen molar-refractivity contribution in [3.8, 4) is 0 Å². The number of hydrogen-bond donors (Lipinski definition) is 1. The molecule has 0 aromatic heterocycles. The minimum absolute atomic E-state index is 0.00385. The zero-order chi connectivity index (χ0) is 16.5. The van der Waals surface area contributed by atoms with Gasteiger partial charge in [0.05, 0.1) is 18.4 Å². The molecule has 10 heteroatoms. The number of hydrogen-bond acceptors (Lipinski definition) is 6. The number of halogens is 2. The lowest BCUT2D eigenvalue weighted by atomic mass is 10.2. The van der Waals surface area contributed by atoms with Crippen molar-refractivity contribution in [1.29, 1.82) is 0 Å². The number of nitrogens with zero attached hydrogens (tertiary/aromatic N) is 3. The Bertz CT molecular complexity index is 486. The van der Waals surface area contributed by atoms with Gasteiger partial charge in [-0.2, -0.15) is 5.01 Å². The lowest BCUT2D eigenvalue weighted by Gasteiger charge is -2.27. The minimum atomic E-state index is -0.682. The third-order valence-corrected chi connectivity index (χ3v) is 3.84. The van der Waals surface area contributed by atoms with Crippen LogP contribution in [0.2, 0.25) is 0 Å². The van der Waals surface area contributed by atoms with Gasteiger partial charge in [0, 0.05) is 16.5 Å². The molecule has 1 rings (SSSR count). The Hall–Kier alpha value is -1.36. The summed E-state index contributed by atoms with van der Waals surface area (Å²) in [6.45, 7) is 0.0838. The minimum Gasteiger partial charge on any atom is -0.462 e. The standard InChI is InChI=1S/C12H16ClIN4O4/c1-17-6-2-3-9(14)10(17)11(19)22-8-5-15-12(20)18(16-21)7-4-13/h2-3,6,10H,4-5,7-8H2,1H3,(H,15,20). The quantitative estimate of drug-likeness (QED) is 0.162. The maximum atomic E-state index is 12.0. The lowest BCUT2D eigenvalue weighted by Crippen LogP contribution is -2.41. The van der Waals surface area contributed by atoms with E-state index in [0.29, 0.717) is 5.01 Å². The molecule has 0 saturated carbocycles. The van der Waals surface area contributed by atoms with Crippen molar-refractivity contribution >= 4 is 46.2 Å². The Balaban J connectivity index is 2.34. The highest BCUT2D eigenvalue weighted by Crippen LogP contribution is 2.21. The molecule has 1 atom stereocenters. The number of carbonyl (C=O) groups is 2. The summed E-state index contributed by atoms with van der Waals surface area (Å²) in [5, 5.41) is 5.62. The van der Waals surface area contributed by atoms with Crippen LogP contribution in [0.1, 0.15) is 0 Å². The molecule has 0 fully saturated rings. The normalized spacial score (nSPS) is 16.8. The van der Waals surface area contributed by atoms with E-state index in [0.717, 1.165) is 3.58 Å². The lowest BCUT2D eigenvalue weighted by molar-refractivity contribution is -0.146. The molecule has 2 amide bonds. The SMILES string of the molecule is CN1C=CC=C(I)C1C(=O)OCCNC(=O)N(CCCl)N=O. The van der Waals surface area contributed by atoms with Crippen molar-refractivity contribution in [3.05, 3.63) is 26.8 Å².